The number of fused-ring (bicyclic) bond motifs is 1. The van der Waals surface area contributed by atoms with Crippen LogP contribution in [0.2, 0.25) is 5.02 Å². The zero-order valence-corrected chi connectivity index (χ0v) is 21.6. The Labute approximate surface area is 229 Å². The topological polar surface area (TPSA) is 84.5 Å². The number of halogens is 7. The number of ether oxygens (including phenoxy) is 2. The van der Waals surface area contributed by atoms with Crippen molar-refractivity contribution >= 4 is 28.5 Å². The lowest BCUT2D eigenvalue weighted by molar-refractivity contribution is -0.189. The third-order valence-corrected chi connectivity index (χ3v) is 6.99. The van der Waals surface area contributed by atoms with E-state index in [1.54, 1.807) is 24.3 Å². The van der Waals surface area contributed by atoms with Crippen molar-refractivity contribution in [3.05, 3.63) is 57.6 Å². The average molecular weight is 592 g/mol. The van der Waals surface area contributed by atoms with Crippen LogP contribution in [0.25, 0.3) is 22.0 Å². The molecule has 2 heterocycles. The Morgan fingerprint density at radius 2 is 1.80 bits per heavy atom. The van der Waals surface area contributed by atoms with E-state index in [9.17, 15) is 35.9 Å². The molecule has 0 saturated carbocycles. The van der Waals surface area contributed by atoms with Crippen LogP contribution < -0.4 is 10.3 Å². The van der Waals surface area contributed by atoms with Gasteiger partial charge < -0.3 is 14.5 Å². The fraction of sp³-hybridized carbons (Fsp3) is 0.423. The molecule has 0 atom stereocenters. The zero-order valence-electron chi connectivity index (χ0n) is 20.9. The summed E-state index contributed by atoms with van der Waals surface area (Å²) in [4.78, 5) is 31.7. The van der Waals surface area contributed by atoms with Crippen molar-refractivity contribution in [1.29, 1.82) is 0 Å². The third-order valence-electron chi connectivity index (χ3n) is 6.60. The van der Waals surface area contributed by atoms with E-state index >= 15 is 0 Å². The van der Waals surface area contributed by atoms with Crippen molar-refractivity contribution in [1.82, 2.24) is 14.9 Å². The number of rotatable bonds is 8. The van der Waals surface area contributed by atoms with Gasteiger partial charge in [-0.15, -0.1) is 0 Å². The first-order valence-electron chi connectivity index (χ1n) is 12.3. The number of carbonyl (C=O) groups is 1. The standard InChI is InChI=1S/C26H24ClF6N3O4/c27-21-18(11-19(40-24(38)26(31,32)33)22-20(21)23(37)35-14-34-22)17-4-2-1-3-16(17)12-39-10-7-15-5-8-36(9-6-15)13-25(28,29)30/h1-4,11,14-15H,5-10,12-13H2,(H,34,35,37). The van der Waals surface area contributed by atoms with Crippen LogP contribution in [0.1, 0.15) is 24.8 Å². The Morgan fingerprint density at radius 1 is 1.10 bits per heavy atom. The monoisotopic (exact) mass is 591 g/mol. The number of hydrogen-bond acceptors (Lipinski definition) is 6. The molecule has 1 fully saturated rings. The summed E-state index contributed by atoms with van der Waals surface area (Å²) in [6.07, 6.45) is -6.64. The smallest absolute Gasteiger partial charge is 0.417 e. The molecule has 0 aliphatic carbocycles. The molecule has 0 radical (unpaired) electrons. The zero-order chi connectivity index (χ0) is 29.1. The number of piperidine rings is 1. The minimum atomic E-state index is -5.28. The van der Waals surface area contributed by atoms with Gasteiger partial charge in [0, 0.05) is 12.2 Å². The molecule has 1 aromatic heterocycles. The average Bonchev–Trinajstić information content (AvgIpc) is 2.88. The molecule has 0 amide bonds. The van der Waals surface area contributed by atoms with Gasteiger partial charge in [-0.3, -0.25) is 9.69 Å². The van der Waals surface area contributed by atoms with Crippen molar-refractivity contribution in [2.75, 3.05) is 26.2 Å². The van der Waals surface area contributed by atoms with Gasteiger partial charge in [0.1, 0.15) is 5.52 Å². The van der Waals surface area contributed by atoms with Crippen LogP contribution in [-0.4, -0.2) is 59.4 Å². The second kappa shape index (κ2) is 12.1. The molecule has 1 N–H and O–H groups in total. The molecule has 1 aliphatic rings. The van der Waals surface area contributed by atoms with Crippen LogP contribution in [-0.2, 0) is 16.1 Å². The molecule has 216 valence electrons. The number of carbonyl (C=O) groups excluding carboxylic acids is 1. The van der Waals surface area contributed by atoms with E-state index in [2.05, 4.69) is 14.7 Å². The summed E-state index contributed by atoms with van der Waals surface area (Å²) in [5.41, 5.74) is 0.106. The number of aromatic nitrogens is 2. The van der Waals surface area contributed by atoms with Crippen LogP contribution in [0.15, 0.2) is 41.5 Å². The van der Waals surface area contributed by atoms with E-state index in [1.165, 1.54) is 4.90 Å². The van der Waals surface area contributed by atoms with Gasteiger partial charge in [-0.2, -0.15) is 26.3 Å². The van der Waals surface area contributed by atoms with E-state index in [0.717, 1.165) is 12.4 Å². The number of nitrogens with one attached hydrogen (secondary N) is 1. The molecule has 7 nitrogen and oxygen atoms in total. The van der Waals surface area contributed by atoms with Crippen LogP contribution in [0.3, 0.4) is 0 Å². The van der Waals surface area contributed by atoms with Crippen molar-refractivity contribution in [3.63, 3.8) is 0 Å². The van der Waals surface area contributed by atoms with E-state index in [1.807, 2.05) is 0 Å². The Bertz CT molecular complexity index is 1420. The van der Waals surface area contributed by atoms with Gasteiger partial charge in [-0.05, 0) is 55.5 Å². The predicted molar refractivity (Wildman–Crippen MR) is 134 cm³/mol. The van der Waals surface area contributed by atoms with E-state index in [0.29, 0.717) is 50.1 Å². The van der Waals surface area contributed by atoms with Gasteiger partial charge in [-0.25, -0.2) is 9.78 Å². The van der Waals surface area contributed by atoms with Gasteiger partial charge in [-0.1, -0.05) is 35.9 Å². The Balaban J connectivity index is 1.50. The van der Waals surface area contributed by atoms with Gasteiger partial charge in [0.15, 0.2) is 5.75 Å². The fourth-order valence-electron chi connectivity index (χ4n) is 4.65. The van der Waals surface area contributed by atoms with Gasteiger partial charge in [0.25, 0.3) is 5.56 Å². The summed E-state index contributed by atoms with van der Waals surface area (Å²) in [5, 5.41) is -0.353. The third kappa shape index (κ3) is 7.32. The van der Waals surface area contributed by atoms with E-state index in [-0.39, 0.29) is 34.0 Å². The molecule has 0 bridgehead atoms. The summed E-state index contributed by atoms with van der Waals surface area (Å²) in [5.74, 6) is -2.85. The maximum Gasteiger partial charge on any atom is 0.491 e. The van der Waals surface area contributed by atoms with Crippen molar-refractivity contribution < 1.29 is 40.6 Å². The van der Waals surface area contributed by atoms with Gasteiger partial charge in [0.2, 0.25) is 0 Å². The molecule has 40 heavy (non-hydrogen) atoms. The highest BCUT2D eigenvalue weighted by atomic mass is 35.5. The largest absolute Gasteiger partial charge is 0.491 e. The van der Waals surface area contributed by atoms with Crippen LogP contribution in [0, 0.1) is 5.92 Å². The molecular formula is C26H24ClF6N3O4. The highest BCUT2D eigenvalue weighted by molar-refractivity contribution is 6.38. The van der Waals surface area contributed by atoms with E-state index < -0.39 is 36.2 Å². The first-order valence-corrected chi connectivity index (χ1v) is 12.7. The summed E-state index contributed by atoms with van der Waals surface area (Å²) in [6.45, 7) is 0.231. The summed E-state index contributed by atoms with van der Waals surface area (Å²) in [6, 6.07) is 7.83. The number of aromatic amines is 1. The van der Waals surface area contributed by atoms with Crippen LogP contribution in [0.4, 0.5) is 26.3 Å². The lowest BCUT2D eigenvalue weighted by Gasteiger charge is -2.32. The SMILES string of the molecule is O=C(Oc1cc(-c2ccccc2COCCC2CCN(CC(F)(F)F)CC2)c(Cl)c2c(=O)[nH]cnc12)C(F)(F)F. The van der Waals surface area contributed by atoms with Crippen molar-refractivity contribution in [2.45, 2.75) is 38.2 Å². The molecule has 0 unspecified atom stereocenters. The quantitative estimate of drug-likeness (QED) is 0.152. The normalized spacial score (nSPS) is 15.5. The van der Waals surface area contributed by atoms with Crippen LogP contribution in [0.5, 0.6) is 5.75 Å². The Kier molecular flexibility index (Phi) is 9.06. The lowest BCUT2D eigenvalue weighted by atomic mass is 9.94. The molecular weight excluding hydrogens is 568 g/mol. The lowest BCUT2D eigenvalue weighted by Crippen LogP contribution is -2.40. The number of nitrogens with zero attached hydrogens (tertiary/aromatic N) is 2. The molecule has 1 aliphatic heterocycles. The number of benzene rings is 2. The minimum absolute atomic E-state index is 0.0819. The highest BCUT2D eigenvalue weighted by Gasteiger charge is 2.42. The molecule has 2 aromatic carbocycles. The minimum Gasteiger partial charge on any atom is -0.417 e. The molecule has 14 heteroatoms. The van der Waals surface area contributed by atoms with E-state index in [4.69, 9.17) is 16.3 Å². The first-order chi connectivity index (χ1) is 18.8. The van der Waals surface area contributed by atoms with Crippen molar-refractivity contribution in [2.24, 2.45) is 5.92 Å². The van der Waals surface area contributed by atoms with Gasteiger partial charge in [0.05, 0.1) is 29.9 Å². The Morgan fingerprint density at radius 3 is 2.48 bits per heavy atom. The second-order valence-corrected chi connectivity index (χ2v) is 9.79. The number of H-pyrrole nitrogens is 1. The first kappa shape index (κ1) is 29.8. The molecule has 4 rings (SSSR count). The summed E-state index contributed by atoms with van der Waals surface area (Å²) in [7, 11) is 0. The molecule has 0 spiro atoms. The maximum absolute atomic E-state index is 12.9. The number of hydrogen-bond donors (Lipinski definition) is 1. The second-order valence-electron chi connectivity index (χ2n) is 9.41. The van der Waals surface area contributed by atoms with Gasteiger partial charge >= 0.3 is 18.3 Å². The summed E-state index contributed by atoms with van der Waals surface area (Å²) < 4.78 is 86.9. The number of alkyl halides is 6. The molecule has 3 aromatic rings. The Hall–Kier alpha value is -3.16. The fourth-order valence-corrected chi connectivity index (χ4v) is 4.98. The summed E-state index contributed by atoms with van der Waals surface area (Å²) >= 11 is 6.53. The molecule has 1 saturated heterocycles. The van der Waals surface area contributed by atoms with Crippen molar-refractivity contribution in [3.8, 4) is 16.9 Å². The predicted octanol–water partition coefficient (Wildman–Crippen LogP) is 5.89. The number of esters is 1. The number of likely N-dealkylation sites (tertiary alicyclic amines) is 1. The van der Waals surface area contributed by atoms with Crippen LogP contribution >= 0.6 is 11.6 Å². The highest BCUT2D eigenvalue weighted by Crippen LogP contribution is 2.39. The maximum atomic E-state index is 12.9.